The highest BCUT2D eigenvalue weighted by Gasteiger charge is 2.12. The minimum atomic E-state index is -1.11. The molecule has 0 spiro atoms. The van der Waals surface area contributed by atoms with Crippen molar-refractivity contribution in [3.05, 3.63) is 64.0 Å². The molecule has 7 heteroatoms. The van der Waals surface area contributed by atoms with Crippen LogP contribution in [0, 0.1) is 10.1 Å². The number of carboxylic acid groups (broad SMARTS) is 1. The molecule has 0 aliphatic rings. The molecule has 0 unspecified atom stereocenters. The van der Waals surface area contributed by atoms with Crippen molar-refractivity contribution in [3.8, 4) is 5.75 Å². The average molecular weight is 288 g/mol. The average Bonchev–Trinajstić information content (AvgIpc) is 2.48. The molecular formula is C14H12N2O5. The number of benzene rings is 1. The number of nitro groups is 1. The Balaban J connectivity index is 1.95. The standard InChI is InChI=1S/C14H12N2O5/c17-14(18)12-6-5-11(9-15-12)21-8-7-10-3-1-2-4-13(10)16(19)20/h1-6,9H,7-8H2,(H,17,18). The van der Waals surface area contributed by atoms with E-state index in [0.717, 1.165) is 0 Å². The van der Waals surface area contributed by atoms with Gasteiger partial charge in [0.05, 0.1) is 17.7 Å². The molecule has 0 saturated heterocycles. The monoisotopic (exact) mass is 288 g/mol. The lowest BCUT2D eigenvalue weighted by atomic mass is 10.1. The molecule has 0 saturated carbocycles. The summed E-state index contributed by atoms with van der Waals surface area (Å²) in [6.45, 7) is 0.235. The Morgan fingerprint density at radius 1 is 1.29 bits per heavy atom. The van der Waals surface area contributed by atoms with Crippen LogP contribution in [-0.2, 0) is 6.42 Å². The first kappa shape index (κ1) is 14.4. The van der Waals surface area contributed by atoms with Crippen LogP contribution in [0.4, 0.5) is 5.69 Å². The first-order chi connectivity index (χ1) is 10.1. The summed E-state index contributed by atoms with van der Waals surface area (Å²) < 4.78 is 5.40. The van der Waals surface area contributed by atoms with E-state index in [0.29, 0.717) is 17.7 Å². The largest absolute Gasteiger partial charge is 0.492 e. The van der Waals surface area contributed by atoms with E-state index in [1.54, 1.807) is 18.2 Å². The number of aromatic nitrogens is 1. The molecule has 2 aromatic rings. The maximum absolute atomic E-state index is 10.9. The molecule has 0 bridgehead atoms. The van der Waals surface area contributed by atoms with Crippen LogP contribution in [0.5, 0.6) is 5.75 Å². The van der Waals surface area contributed by atoms with Gasteiger partial charge in [-0.25, -0.2) is 9.78 Å². The number of carbonyl (C=O) groups is 1. The van der Waals surface area contributed by atoms with Crippen molar-refractivity contribution in [1.29, 1.82) is 0 Å². The van der Waals surface area contributed by atoms with Crippen LogP contribution in [0.2, 0.25) is 0 Å². The number of carboxylic acids is 1. The van der Waals surface area contributed by atoms with Crippen LogP contribution >= 0.6 is 0 Å². The number of hydrogen-bond acceptors (Lipinski definition) is 5. The molecule has 7 nitrogen and oxygen atoms in total. The third-order valence-electron chi connectivity index (χ3n) is 2.78. The van der Waals surface area contributed by atoms with Crippen LogP contribution in [0.1, 0.15) is 16.1 Å². The quantitative estimate of drug-likeness (QED) is 0.646. The Hall–Kier alpha value is -2.96. The van der Waals surface area contributed by atoms with Crippen molar-refractivity contribution in [1.82, 2.24) is 4.98 Å². The fourth-order valence-electron chi connectivity index (χ4n) is 1.77. The molecule has 0 aliphatic carbocycles. The number of para-hydroxylation sites is 1. The second-order valence-corrected chi connectivity index (χ2v) is 4.17. The maximum atomic E-state index is 10.9. The molecule has 2 rings (SSSR count). The first-order valence-electron chi connectivity index (χ1n) is 6.12. The van der Waals surface area contributed by atoms with Crippen molar-refractivity contribution in [2.24, 2.45) is 0 Å². The zero-order valence-electron chi connectivity index (χ0n) is 10.9. The lowest BCUT2D eigenvalue weighted by molar-refractivity contribution is -0.385. The van der Waals surface area contributed by atoms with Crippen molar-refractivity contribution in [2.45, 2.75) is 6.42 Å². The van der Waals surface area contributed by atoms with Crippen molar-refractivity contribution in [2.75, 3.05) is 6.61 Å². The van der Waals surface area contributed by atoms with Crippen molar-refractivity contribution in [3.63, 3.8) is 0 Å². The zero-order valence-corrected chi connectivity index (χ0v) is 10.9. The highest BCUT2D eigenvalue weighted by molar-refractivity contribution is 5.85. The highest BCUT2D eigenvalue weighted by atomic mass is 16.6. The Kier molecular flexibility index (Phi) is 4.45. The van der Waals surface area contributed by atoms with Crippen molar-refractivity contribution < 1.29 is 19.6 Å². The summed E-state index contributed by atoms with van der Waals surface area (Å²) in [6, 6.07) is 9.28. The second kappa shape index (κ2) is 6.47. The normalized spacial score (nSPS) is 10.1. The third kappa shape index (κ3) is 3.75. The number of aromatic carboxylic acids is 1. The van der Waals surface area contributed by atoms with Gasteiger partial charge >= 0.3 is 5.97 Å². The van der Waals surface area contributed by atoms with Gasteiger partial charge in [0, 0.05) is 18.1 Å². The highest BCUT2D eigenvalue weighted by Crippen LogP contribution is 2.18. The van der Waals surface area contributed by atoms with Gasteiger partial charge in [-0.3, -0.25) is 10.1 Å². The van der Waals surface area contributed by atoms with Gasteiger partial charge in [-0.2, -0.15) is 0 Å². The number of nitrogens with zero attached hydrogens (tertiary/aromatic N) is 2. The third-order valence-corrected chi connectivity index (χ3v) is 2.78. The summed E-state index contributed by atoms with van der Waals surface area (Å²) in [4.78, 5) is 24.8. The minimum absolute atomic E-state index is 0.0560. The fourth-order valence-corrected chi connectivity index (χ4v) is 1.77. The van der Waals surface area contributed by atoms with Gasteiger partial charge in [0.25, 0.3) is 5.69 Å². The van der Waals surface area contributed by atoms with Gasteiger partial charge in [-0.1, -0.05) is 18.2 Å². The topological polar surface area (TPSA) is 103 Å². The smallest absolute Gasteiger partial charge is 0.354 e. The second-order valence-electron chi connectivity index (χ2n) is 4.17. The Morgan fingerprint density at radius 3 is 2.67 bits per heavy atom. The van der Waals surface area contributed by atoms with Crippen LogP contribution in [-0.4, -0.2) is 27.6 Å². The minimum Gasteiger partial charge on any atom is -0.492 e. The van der Waals surface area contributed by atoms with Crippen LogP contribution in [0.25, 0.3) is 0 Å². The molecule has 1 N–H and O–H groups in total. The molecule has 0 radical (unpaired) electrons. The number of rotatable bonds is 6. The van der Waals surface area contributed by atoms with E-state index in [4.69, 9.17) is 9.84 Å². The van der Waals surface area contributed by atoms with Gasteiger partial charge in [0.1, 0.15) is 11.4 Å². The Morgan fingerprint density at radius 2 is 2.05 bits per heavy atom. The molecular weight excluding hydrogens is 276 g/mol. The van der Waals surface area contributed by atoms with E-state index < -0.39 is 10.9 Å². The SMILES string of the molecule is O=C(O)c1ccc(OCCc2ccccc2[N+](=O)[O-])cn1. The van der Waals surface area contributed by atoms with E-state index in [-0.39, 0.29) is 18.0 Å². The van der Waals surface area contributed by atoms with Gasteiger partial charge in [0.15, 0.2) is 0 Å². The molecule has 21 heavy (non-hydrogen) atoms. The van der Waals surface area contributed by atoms with Crippen molar-refractivity contribution >= 4 is 11.7 Å². The molecule has 0 atom stereocenters. The lowest BCUT2D eigenvalue weighted by Crippen LogP contribution is -2.05. The van der Waals surface area contributed by atoms with E-state index in [1.165, 1.54) is 24.4 Å². The fraction of sp³-hybridized carbons (Fsp3) is 0.143. The summed E-state index contributed by atoms with van der Waals surface area (Å²) in [6.07, 6.45) is 1.68. The van der Waals surface area contributed by atoms with Gasteiger partial charge in [0.2, 0.25) is 0 Å². The van der Waals surface area contributed by atoms with Crippen LogP contribution in [0.15, 0.2) is 42.6 Å². The van der Waals surface area contributed by atoms with Crippen LogP contribution in [0.3, 0.4) is 0 Å². The number of nitro benzene ring substituents is 1. The molecule has 0 amide bonds. The van der Waals surface area contributed by atoms with E-state index in [9.17, 15) is 14.9 Å². The van der Waals surface area contributed by atoms with E-state index >= 15 is 0 Å². The Bertz CT molecular complexity index is 655. The molecule has 108 valence electrons. The molecule has 1 heterocycles. The van der Waals surface area contributed by atoms with E-state index in [1.807, 2.05) is 0 Å². The molecule has 1 aromatic carbocycles. The summed E-state index contributed by atoms with van der Waals surface area (Å²) in [5.74, 6) is -0.694. The lowest BCUT2D eigenvalue weighted by Gasteiger charge is -2.06. The first-order valence-corrected chi connectivity index (χ1v) is 6.12. The molecule has 1 aromatic heterocycles. The number of hydrogen-bond donors (Lipinski definition) is 1. The summed E-state index contributed by atoms with van der Waals surface area (Å²) in [5, 5.41) is 19.6. The summed E-state index contributed by atoms with van der Waals surface area (Å²) in [5.41, 5.74) is 0.569. The van der Waals surface area contributed by atoms with Gasteiger partial charge in [-0.05, 0) is 12.1 Å². The van der Waals surface area contributed by atoms with Gasteiger partial charge < -0.3 is 9.84 Å². The predicted octanol–water partition coefficient (Wildman–Crippen LogP) is 2.31. The molecule has 0 fully saturated rings. The van der Waals surface area contributed by atoms with Gasteiger partial charge in [-0.15, -0.1) is 0 Å². The summed E-state index contributed by atoms with van der Waals surface area (Å²) >= 11 is 0. The zero-order chi connectivity index (χ0) is 15.2. The number of pyridine rings is 1. The summed E-state index contributed by atoms with van der Waals surface area (Å²) in [7, 11) is 0. The number of ether oxygens (including phenoxy) is 1. The predicted molar refractivity (Wildman–Crippen MR) is 73.5 cm³/mol. The Labute approximate surface area is 120 Å². The van der Waals surface area contributed by atoms with Crippen LogP contribution < -0.4 is 4.74 Å². The maximum Gasteiger partial charge on any atom is 0.354 e. The van der Waals surface area contributed by atoms with E-state index in [2.05, 4.69) is 4.98 Å². The molecule has 0 aliphatic heterocycles.